The Bertz CT molecular complexity index is 1410. The van der Waals surface area contributed by atoms with Crippen LogP contribution in [0.1, 0.15) is 27.1 Å². The first-order valence-electron chi connectivity index (χ1n) is 12.0. The molecule has 1 aliphatic rings. The fraction of sp³-hybridized carbons (Fsp3) is 0.346. The van der Waals surface area contributed by atoms with Crippen LogP contribution in [0.4, 0.5) is 37.7 Å². The number of rotatable bonds is 6. The number of hydrogen-bond acceptors (Lipinski definition) is 6. The van der Waals surface area contributed by atoms with E-state index in [1.54, 1.807) is 4.90 Å². The minimum absolute atomic E-state index is 0.0646. The number of anilines is 2. The summed E-state index contributed by atoms with van der Waals surface area (Å²) in [6, 6.07) is 10.1. The number of ether oxygens (including phenoxy) is 1. The van der Waals surface area contributed by atoms with Gasteiger partial charge >= 0.3 is 18.0 Å². The molecular weight excluding hydrogens is 548 g/mol. The van der Waals surface area contributed by atoms with Crippen molar-refractivity contribution >= 4 is 34.2 Å². The van der Waals surface area contributed by atoms with Crippen LogP contribution in [0.5, 0.6) is 0 Å². The molecule has 2 amide bonds. The number of amides is 2. The lowest BCUT2D eigenvalue weighted by Gasteiger charge is -2.27. The molecule has 1 aliphatic heterocycles. The first kappa shape index (κ1) is 28.9. The van der Waals surface area contributed by atoms with E-state index in [4.69, 9.17) is 9.15 Å². The van der Waals surface area contributed by atoms with Crippen molar-refractivity contribution in [2.24, 2.45) is 0 Å². The highest BCUT2D eigenvalue weighted by molar-refractivity contribution is 6.05. The quantitative estimate of drug-likeness (QED) is 0.337. The smallest absolute Gasteiger partial charge is 0.405 e. The molecule has 4 rings (SSSR count). The first-order valence-corrected chi connectivity index (χ1v) is 12.0. The number of nitrogens with one attached hydrogen (secondary N) is 1. The predicted molar refractivity (Wildman–Crippen MR) is 133 cm³/mol. The van der Waals surface area contributed by atoms with Crippen LogP contribution in [0.3, 0.4) is 0 Å². The summed E-state index contributed by atoms with van der Waals surface area (Å²) in [5.74, 6) is -1.05. The summed E-state index contributed by atoms with van der Waals surface area (Å²) in [6.07, 6.45) is -9.12. The Morgan fingerprint density at radius 2 is 1.57 bits per heavy atom. The Labute approximate surface area is 223 Å². The zero-order valence-corrected chi connectivity index (χ0v) is 20.8. The third kappa shape index (κ3) is 7.52. The highest BCUT2D eigenvalue weighted by Crippen LogP contribution is 2.29. The fourth-order valence-electron chi connectivity index (χ4n) is 4.15. The van der Waals surface area contributed by atoms with Crippen LogP contribution in [0, 0.1) is 0 Å². The third-order valence-electron chi connectivity index (χ3n) is 5.97. The van der Waals surface area contributed by atoms with Crippen molar-refractivity contribution in [3.63, 3.8) is 0 Å². The first-order chi connectivity index (χ1) is 18.8. The molecule has 1 fully saturated rings. The van der Waals surface area contributed by atoms with Gasteiger partial charge < -0.3 is 24.3 Å². The normalized spacial score (nSPS) is 14.6. The van der Waals surface area contributed by atoms with Crippen molar-refractivity contribution in [3.8, 4) is 0 Å². The Kier molecular flexibility index (Phi) is 8.37. The molecular formula is C26H23F6N3O5. The second kappa shape index (κ2) is 11.6. The van der Waals surface area contributed by atoms with Gasteiger partial charge in [0.2, 0.25) is 0 Å². The standard InChI is InChI=1S/C26H23F6N3O5/c27-25(28,29)14-35(15-26(30,31)32)19-7-4-17-12-20(24(38)40-21(17)13-19)22(36)33-18-5-2-16(3-6-18)23(37)34-8-1-10-39-11-9-34/h2-7,12-13H,1,8-11,14-15H2,(H,33,36). The molecule has 0 bridgehead atoms. The Morgan fingerprint density at radius 3 is 2.23 bits per heavy atom. The highest BCUT2D eigenvalue weighted by Gasteiger charge is 2.37. The maximum absolute atomic E-state index is 12.9. The second-order valence-corrected chi connectivity index (χ2v) is 9.05. The van der Waals surface area contributed by atoms with E-state index in [0.717, 1.165) is 30.7 Å². The summed E-state index contributed by atoms with van der Waals surface area (Å²) in [5, 5.41) is 2.60. The minimum Gasteiger partial charge on any atom is -0.422 e. The second-order valence-electron chi connectivity index (χ2n) is 9.05. The van der Waals surface area contributed by atoms with Gasteiger partial charge in [0.1, 0.15) is 24.2 Å². The number of hydrogen-bond donors (Lipinski definition) is 1. The third-order valence-corrected chi connectivity index (χ3v) is 5.97. The number of fused-ring (bicyclic) bond motifs is 1. The predicted octanol–water partition coefficient (Wildman–Crippen LogP) is 4.84. The van der Waals surface area contributed by atoms with Crippen LogP contribution in [0.15, 0.2) is 57.7 Å². The summed E-state index contributed by atoms with van der Waals surface area (Å²) in [7, 11) is 0. The molecule has 2 heterocycles. The number of carbonyl (C=O) groups is 2. The van der Waals surface area contributed by atoms with Crippen LogP contribution in [-0.4, -0.2) is 68.5 Å². The number of carbonyl (C=O) groups excluding carboxylic acids is 2. The number of nitrogens with zero attached hydrogens (tertiary/aromatic N) is 2. The van der Waals surface area contributed by atoms with Gasteiger partial charge in [0.15, 0.2) is 0 Å². The fourth-order valence-corrected chi connectivity index (χ4v) is 4.15. The van der Waals surface area contributed by atoms with Crippen LogP contribution < -0.4 is 15.8 Å². The van der Waals surface area contributed by atoms with Gasteiger partial charge in [-0.3, -0.25) is 9.59 Å². The summed E-state index contributed by atoms with van der Waals surface area (Å²) in [6.45, 7) is -1.72. The highest BCUT2D eigenvalue weighted by atomic mass is 19.4. The van der Waals surface area contributed by atoms with Crippen LogP contribution >= 0.6 is 0 Å². The van der Waals surface area contributed by atoms with Crippen molar-refractivity contribution in [3.05, 3.63) is 70.1 Å². The van der Waals surface area contributed by atoms with Crippen molar-refractivity contribution in [1.29, 1.82) is 0 Å². The van der Waals surface area contributed by atoms with Crippen LogP contribution in [0.2, 0.25) is 0 Å². The van der Waals surface area contributed by atoms with Gasteiger partial charge in [-0.05, 0) is 48.9 Å². The van der Waals surface area contributed by atoms with Gasteiger partial charge in [0.05, 0.1) is 6.61 Å². The van der Waals surface area contributed by atoms with E-state index >= 15 is 0 Å². The van der Waals surface area contributed by atoms with Crippen molar-refractivity contribution in [2.75, 3.05) is 49.6 Å². The summed E-state index contributed by atoms with van der Waals surface area (Å²) < 4.78 is 87.7. The monoisotopic (exact) mass is 571 g/mol. The van der Waals surface area contributed by atoms with Crippen molar-refractivity contribution in [2.45, 2.75) is 18.8 Å². The molecule has 0 saturated carbocycles. The van der Waals surface area contributed by atoms with Crippen molar-refractivity contribution in [1.82, 2.24) is 4.90 Å². The molecule has 0 radical (unpaired) electrons. The number of alkyl halides is 6. The Balaban J connectivity index is 1.51. The average Bonchev–Trinajstić information content (AvgIpc) is 3.15. The summed E-state index contributed by atoms with van der Waals surface area (Å²) in [4.78, 5) is 39.7. The molecule has 0 unspecified atom stereocenters. The number of benzene rings is 2. The van der Waals surface area contributed by atoms with Gasteiger partial charge in [0, 0.05) is 48.1 Å². The molecule has 214 valence electrons. The lowest BCUT2D eigenvalue weighted by Crippen LogP contribution is -2.40. The van der Waals surface area contributed by atoms with Gasteiger partial charge in [0.25, 0.3) is 11.8 Å². The molecule has 8 nitrogen and oxygen atoms in total. The van der Waals surface area contributed by atoms with Gasteiger partial charge in [-0.1, -0.05) is 0 Å². The van der Waals surface area contributed by atoms with Gasteiger partial charge in [-0.2, -0.15) is 26.3 Å². The SMILES string of the molecule is O=C(Nc1ccc(C(=O)N2CCCOCC2)cc1)c1cc2ccc(N(CC(F)(F)F)CC(F)(F)F)cc2oc1=O. The van der Waals surface area contributed by atoms with Gasteiger partial charge in [-0.15, -0.1) is 0 Å². The molecule has 0 spiro atoms. The molecule has 14 heteroatoms. The van der Waals surface area contributed by atoms with E-state index in [1.165, 1.54) is 24.3 Å². The lowest BCUT2D eigenvalue weighted by atomic mass is 10.1. The largest absolute Gasteiger partial charge is 0.422 e. The lowest BCUT2D eigenvalue weighted by molar-refractivity contribution is -0.137. The summed E-state index contributed by atoms with van der Waals surface area (Å²) >= 11 is 0. The molecule has 1 saturated heterocycles. The maximum atomic E-state index is 12.9. The maximum Gasteiger partial charge on any atom is 0.405 e. The Morgan fingerprint density at radius 1 is 0.900 bits per heavy atom. The van der Waals surface area contributed by atoms with E-state index in [0.29, 0.717) is 31.9 Å². The van der Waals surface area contributed by atoms with Gasteiger partial charge in [-0.25, -0.2) is 4.79 Å². The summed E-state index contributed by atoms with van der Waals surface area (Å²) in [5.41, 5.74) is -1.68. The van der Waals surface area contributed by atoms with Crippen LogP contribution in [-0.2, 0) is 4.74 Å². The zero-order chi connectivity index (χ0) is 29.1. The molecule has 0 aliphatic carbocycles. The molecule has 0 atom stereocenters. The molecule has 3 aromatic rings. The van der Waals surface area contributed by atoms with E-state index in [9.17, 15) is 40.7 Å². The van der Waals surface area contributed by atoms with E-state index in [-0.39, 0.29) is 27.5 Å². The molecule has 2 aromatic carbocycles. The van der Waals surface area contributed by atoms with E-state index < -0.39 is 48.2 Å². The van der Waals surface area contributed by atoms with Crippen molar-refractivity contribution < 1.29 is 45.1 Å². The zero-order valence-electron chi connectivity index (χ0n) is 20.8. The number of halogens is 6. The topological polar surface area (TPSA) is 92.1 Å². The molecule has 1 N–H and O–H groups in total. The average molecular weight is 571 g/mol. The molecule has 40 heavy (non-hydrogen) atoms. The van der Waals surface area contributed by atoms with E-state index in [1.807, 2.05) is 0 Å². The Hall–Kier alpha value is -4.07. The molecule has 1 aromatic heterocycles. The minimum atomic E-state index is -4.92. The van der Waals surface area contributed by atoms with E-state index in [2.05, 4.69) is 5.32 Å². The van der Waals surface area contributed by atoms with Crippen LogP contribution in [0.25, 0.3) is 11.0 Å².